The number of aromatic amines is 1. The van der Waals surface area contributed by atoms with E-state index >= 15 is 0 Å². The predicted octanol–water partition coefficient (Wildman–Crippen LogP) is 2.25. The maximum Gasteiger partial charge on any atom is 0.137 e. The summed E-state index contributed by atoms with van der Waals surface area (Å²) in [7, 11) is 0. The largest absolute Gasteiger partial charge is 0.404 e. The molecule has 5 heteroatoms. The van der Waals surface area contributed by atoms with E-state index in [9.17, 15) is 0 Å². The average molecular weight is 235 g/mol. The Hall–Kier alpha value is -1.81. The highest BCUT2D eigenvalue weighted by Crippen LogP contribution is 2.21. The molecule has 0 aromatic carbocycles. The summed E-state index contributed by atoms with van der Waals surface area (Å²) in [4.78, 5) is 7.22. The van der Waals surface area contributed by atoms with Gasteiger partial charge in [0.15, 0.2) is 0 Å². The minimum atomic E-state index is 0.599. The van der Waals surface area contributed by atoms with E-state index in [4.69, 9.17) is 22.7 Å². The summed E-state index contributed by atoms with van der Waals surface area (Å²) in [5.74, 6) is 0. The Morgan fingerprint density at radius 1 is 1.62 bits per heavy atom. The Bertz CT molecular complexity index is 556. The Kier molecular flexibility index (Phi) is 2.92. The van der Waals surface area contributed by atoms with Crippen LogP contribution in [-0.4, -0.2) is 16.2 Å². The van der Waals surface area contributed by atoms with Gasteiger partial charge in [-0.1, -0.05) is 11.6 Å². The van der Waals surface area contributed by atoms with Gasteiger partial charge in [-0.25, -0.2) is 4.98 Å². The van der Waals surface area contributed by atoms with Crippen LogP contribution in [0.5, 0.6) is 0 Å². The molecule has 0 spiro atoms. The minimum absolute atomic E-state index is 0.599. The molecular weight excluding hydrogens is 224 g/mol. The molecule has 0 amide bonds. The van der Waals surface area contributed by atoms with Gasteiger partial charge >= 0.3 is 0 Å². The van der Waals surface area contributed by atoms with Crippen LogP contribution in [0.4, 0.5) is 0 Å². The fourth-order valence-electron chi connectivity index (χ4n) is 1.56. The molecule has 0 saturated heterocycles. The van der Waals surface area contributed by atoms with E-state index in [1.807, 2.05) is 12.3 Å². The summed E-state index contributed by atoms with van der Waals surface area (Å²) in [6, 6.07) is 1.85. The van der Waals surface area contributed by atoms with Crippen molar-refractivity contribution < 1.29 is 0 Å². The van der Waals surface area contributed by atoms with Gasteiger partial charge in [-0.15, -0.1) is 0 Å². The number of fused-ring (bicyclic) bond motifs is 1. The predicted molar refractivity (Wildman–Crippen MR) is 65.9 cm³/mol. The number of aromatic nitrogens is 2. The second-order valence-electron chi connectivity index (χ2n) is 3.43. The van der Waals surface area contributed by atoms with Crippen LogP contribution in [-0.2, 0) is 6.42 Å². The molecule has 2 rings (SSSR count). The summed E-state index contributed by atoms with van der Waals surface area (Å²) >= 11 is 5.89. The first kappa shape index (κ1) is 10.7. The highest BCUT2D eigenvalue weighted by atomic mass is 35.5. The van der Waals surface area contributed by atoms with Crippen LogP contribution < -0.4 is 5.73 Å². The summed E-state index contributed by atoms with van der Waals surface area (Å²) in [5.41, 5.74) is 7.98. The summed E-state index contributed by atoms with van der Waals surface area (Å²) in [6.45, 7) is 0. The zero-order chi connectivity index (χ0) is 11.5. The van der Waals surface area contributed by atoms with Gasteiger partial charge in [0.2, 0.25) is 0 Å². The van der Waals surface area contributed by atoms with Gasteiger partial charge in [0, 0.05) is 30.4 Å². The molecule has 0 bridgehead atoms. The summed E-state index contributed by atoms with van der Waals surface area (Å²) < 4.78 is 0. The van der Waals surface area contributed by atoms with Crippen molar-refractivity contribution in [3.05, 3.63) is 40.8 Å². The zero-order valence-corrected chi connectivity index (χ0v) is 9.25. The monoisotopic (exact) mass is 234 g/mol. The number of allylic oxidation sites excluding steroid dienone is 1. The molecule has 2 aromatic heterocycles. The number of rotatable bonds is 3. The first-order valence-corrected chi connectivity index (χ1v) is 5.15. The third kappa shape index (κ3) is 1.92. The van der Waals surface area contributed by atoms with Crippen molar-refractivity contribution in [1.29, 1.82) is 5.41 Å². The van der Waals surface area contributed by atoms with Gasteiger partial charge in [-0.3, -0.25) is 0 Å². The van der Waals surface area contributed by atoms with Crippen LogP contribution >= 0.6 is 11.6 Å². The van der Waals surface area contributed by atoms with Crippen LogP contribution in [0.2, 0.25) is 5.02 Å². The second-order valence-corrected chi connectivity index (χ2v) is 3.86. The molecule has 0 aliphatic carbocycles. The number of nitrogens with zero attached hydrogens (tertiary/aromatic N) is 1. The lowest BCUT2D eigenvalue weighted by Crippen LogP contribution is -1.94. The van der Waals surface area contributed by atoms with Crippen molar-refractivity contribution in [2.24, 2.45) is 5.73 Å². The van der Waals surface area contributed by atoms with Crippen LogP contribution in [0.25, 0.3) is 11.0 Å². The molecule has 0 saturated carbocycles. The standard InChI is InChI=1S/C11H11ClN4/c12-9-2-10-8(1-7(3-13)4-14)5-15-11(10)16-6-9/h2-6,13H,1,14H2,(H,15,16)/b7-4-,13-3?. The van der Waals surface area contributed by atoms with E-state index in [1.54, 1.807) is 6.20 Å². The van der Waals surface area contributed by atoms with E-state index < -0.39 is 0 Å². The normalized spacial score (nSPS) is 11.9. The van der Waals surface area contributed by atoms with Crippen molar-refractivity contribution >= 4 is 28.8 Å². The highest BCUT2D eigenvalue weighted by Gasteiger charge is 2.06. The van der Waals surface area contributed by atoms with Crippen LogP contribution in [0.1, 0.15) is 5.56 Å². The highest BCUT2D eigenvalue weighted by molar-refractivity contribution is 6.31. The molecule has 0 aliphatic rings. The first-order valence-electron chi connectivity index (χ1n) is 4.77. The third-order valence-electron chi connectivity index (χ3n) is 2.38. The smallest absolute Gasteiger partial charge is 0.137 e. The van der Waals surface area contributed by atoms with Crippen LogP contribution in [0, 0.1) is 5.41 Å². The lowest BCUT2D eigenvalue weighted by molar-refractivity contribution is 1.22. The number of nitrogens with one attached hydrogen (secondary N) is 2. The molecule has 2 heterocycles. The molecule has 0 fully saturated rings. The van der Waals surface area contributed by atoms with Gasteiger partial charge < -0.3 is 16.1 Å². The average Bonchev–Trinajstić information content (AvgIpc) is 2.68. The quantitative estimate of drug-likeness (QED) is 0.713. The number of H-pyrrole nitrogens is 1. The summed E-state index contributed by atoms with van der Waals surface area (Å²) in [6.07, 6.45) is 6.74. The third-order valence-corrected chi connectivity index (χ3v) is 2.58. The Morgan fingerprint density at radius 3 is 3.12 bits per heavy atom. The first-order chi connectivity index (χ1) is 7.74. The Balaban J connectivity index is 2.45. The molecule has 2 aromatic rings. The lowest BCUT2D eigenvalue weighted by Gasteiger charge is -1.99. The molecule has 4 nitrogen and oxygen atoms in total. The van der Waals surface area contributed by atoms with Gasteiger partial charge in [-0.05, 0) is 23.4 Å². The van der Waals surface area contributed by atoms with Gasteiger partial charge in [0.05, 0.1) is 5.02 Å². The van der Waals surface area contributed by atoms with Gasteiger partial charge in [0.25, 0.3) is 0 Å². The molecule has 0 aliphatic heterocycles. The molecule has 0 radical (unpaired) electrons. The number of hydrogen-bond donors (Lipinski definition) is 3. The molecular formula is C11H11ClN4. The maximum atomic E-state index is 7.19. The molecule has 82 valence electrons. The van der Waals surface area contributed by atoms with Gasteiger partial charge in [0.1, 0.15) is 5.65 Å². The second kappa shape index (κ2) is 4.37. The van der Waals surface area contributed by atoms with E-state index in [-0.39, 0.29) is 0 Å². The molecule has 0 unspecified atom stereocenters. The zero-order valence-electron chi connectivity index (χ0n) is 8.50. The van der Waals surface area contributed by atoms with Gasteiger partial charge in [-0.2, -0.15) is 0 Å². The fraction of sp³-hybridized carbons (Fsp3) is 0.0909. The van der Waals surface area contributed by atoms with Crippen molar-refractivity contribution in [3.8, 4) is 0 Å². The molecule has 0 atom stereocenters. The van der Waals surface area contributed by atoms with Crippen molar-refractivity contribution in [2.45, 2.75) is 6.42 Å². The van der Waals surface area contributed by atoms with E-state index in [0.717, 1.165) is 22.2 Å². The number of nitrogens with two attached hydrogens (primary N) is 1. The number of pyridine rings is 1. The molecule has 16 heavy (non-hydrogen) atoms. The SMILES string of the molecule is N=C/C(=C\N)Cc1c[nH]c2ncc(Cl)cc12. The van der Waals surface area contributed by atoms with Crippen LogP contribution in [0.15, 0.2) is 30.2 Å². The lowest BCUT2D eigenvalue weighted by atomic mass is 10.1. The van der Waals surface area contributed by atoms with Crippen molar-refractivity contribution in [2.75, 3.05) is 0 Å². The number of hydrogen-bond acceptors (Lipinski definition) is 3. The summed E-state index contributed by atoms with van der Waals surface area (Å²) in [5, 5.41) is 8.75. The van der Waals surface area contributed by atoms with E-state index in [2.05, 4.69) is 9.97 Å². The minimum Gasteiger partial charge on any atom is -0.404 e. The maximum absolute atomic E-state index is 7.19. The van der Waals surface area contributed by atoms with E-state index in [0.29, 0.717) is 11.4 Å². The Labute approximate surface area is 97.6 Å². The van der Waals surface area contributed by atoms with Crippen LogP contribution in [0.3, 0.4) is 0 Å². The van der Waals surface area contributed by atoms with Crippen molar-refractivity contribution in [1.82, 2.24) is 9.97 Å². The van der Waals surface area contributed by atoms with Crippen molar-refractivity contribution in [3.63, 3.8) is 0 Å². The molecule has 4 N–H and O–H groups in total. The van der Waals surface area contributed by atoms with E-state index in [1.165, 1.54) is 12.4 Å². The number of halogens is 1. The Morgan fingerprint density at radius 2 is 2.44 bits per heavy atom. The fourth-order valence-corrected chi connectivity index (χ4v) is 1.71. The topological polar surface area (TPSA) is 78.5 Å².